The number of nitro benzene ring substituents is 2. The highest BCUT2D eigenvalue weighted by molar-refractivity contribution is 7.14. The number of anilines is 1. The van der Waals surface area contributed by atoms with E-state index in [4.69, 9.17) is 0 Å². The number of hydrogen-bond acceptors (Lipinski definition) is 8. The molecule has 4 aromatic rings. The van der Waals surface area contributed by atoms with Gasteiger partial charge in [-0.05, 0) is 24.3 Å². The normalized spacial score (nSPS) is 11.2. The van der Waals surface area contributed by atoms with Crippen LogP contribution in [0.5, 0.6) is 0 Å². The second kappa shape index (κ2) is 9.14. The van der Waals surface area contributed by atoms with Crippen molar-refractivity contribution < 1.29 is 9.85 Å². The summed E-state index contributed by atoms with van der Waals surface area (Å²) in [5.74, 6) is 0. The van der Waals surface area contributed by atoms with Gasteiger partial charge >= 0.3 is 0 Å². The minimum Gasteiger partial charge on any atom is -0.258 e. The highest BCUT2D eigenvalue weighted by atomic mass is 32.1. The molecule has 0 radical (unpaired) electrons. The minimum absolute atomic E-state index is 0.00165. The zero-order valence-corrected chi connectivity index (χ0v) is 17.2. The highest BCUT2D eigenvalue weighted by Gasteiger charge is 2.12. The van der Waals surface area contributed by atoms with Crippen molar-refractivity contribution >= 4 is 33.6 Å². The molecule has 158 valence electrons. The fourth-order valence-corrected chi connectivity index (χ4v) is 3.61. The third kappa shape index (κ3) is 4.65. The van der Waals surface area contributed by atoms with Gasteiger partial charge in [-0.3, -0.25) is 25.7 Å². The van der Waals surface area contributed by atoms with E-state index in [2.05, 4.69) is 15.5 Å². The summed E-state index contributed by atoms with van der Waals surface area (Å²) in [5, 5.41) is 28.6. The molecule has 0 unspecified atom stereocenters. The molecule has 10 heteroatoms. The van der Waals surface area contributed by atoms with E-state index in [9.17, 15) is 20.2 Å². The SMILES string of the molecule is O=[N+]([O-])c1ccc(/C(=N/Nc2nc(-c3ccc([N+](=O)[O-])cc3)cs2)c2ccccc2)cc1. The summed E-state index contributed by atoms with van der Waals surface area (Å²) >= 11 is 1.34. The summed E-state index contributed by atoms with van der Waals surface area (Å²) in [6.07, 6.45) is 0. The van der Waals surface area contributed by atoms with E-state index >= 15 is 0 Å². The van der Waals surface area contributed by atoms with Gasteiger partial charge in [0.1, 0.15) is 0 Å². The van der Waals surface area contributed by atoms with Crippen molar-refractivity contribution in [1.82, 2.24) is 4.98 Å². The van der Waals surface area contributed by atoms with E-state index in [-0.39, 0.29) is 11.4 Å². The number of aromatic nitrogens is 1. The molecule has 0 saturated carbocycles. The van der Waals surface area contributed by atoms with Gasteiger partial charge < -0.3 is 0 Å². The van der Waals surface area contributed by atoms with Gasteiger partial charge in [0.05, 0.1) is 21.3 Å². The van der Waals surface area contributed by atoms with E-state index in [1.165, 1.54) is 35.6 Å². The van der Waals surface area contributed by atoms with Crippen LogP contribution in [0.1, 0.15) is 11.1 Å². The molecule has 9 nitrogen and oxygen atoms in total. The number of benzene rings is 3. The van der Waals surface area contributed by atoms with Crippen LogP contribution in [-0.4, -0.2) is 20.5 Å². The molecular weight excluding hydrogens is 430 g/mol. The Bertz CT molecular complexity index is 1290. The average Bonchev–Trinajstić information content (AvgIpc) is 3.29. The molecular formula is C22H15N5O4S. The van der Waals surface area contributed by atoms with Gasteiger partial charge in [0.2, 0.25) is 5.13 Å². The maximum atomic E-state index is 11.0. The summed E-state index contributed by atoms with van der Waals surface area (Å²) in [7, 11) is 0. The first-order valence-electron chi connectivity index (χ1n) is 9.35. The molecule has 0 amide bonds. The number of hydrogen-bond donors (Lipinski definition) is 1. The van der Waals surface area contributed by atoms with Gasteiger partial charge in [0.25, 0.3) is 11.4 Å². The van der Waals surface area contributed by atoms with E-state index in [1.807, 2.05) is 35.7 Å². The third-order valence-electron chi connectivity index (χ3n) is 4.54. The predicted molar refractivity (Wildman–Crippen MR) is 123 cm³/mol. The van der Waals surface area contributed by atoms with Crippen molar-refractivity contribution in [3.8, 4) is 11.3 Å². The first kappa shape index (κ1) is 20.8. The Kier molecular flexibility index (Phi) is 5.95. The fraction of sp³-hybridized carbons (Fsp3) is 0. The van der Waals surface area contributed by atoms with Crippen LogP contribution in [-0.2, 0) is 0 Å². The van der Waals surface area contributed by atoms with Crippen LogP contribution in [0.15, 0.2) is 89.3 Å². The maximum absolute atomic E-state index is 11.0. The van der Waals surface area contributed by atoms with Crippen LogP contribution in [0.2, 0.25) is 0 Å². The summed E-state index contributed by atoms with van der Waals surface area (Å²) in [6, 6.07) is 21.8. The molecule has 4 rings (SSSR count). The molecule has 32 heavy (non-hydrogen) atoms. The lowest BCUT2D eigenvalue weighted by atomic mass is 10.0. The molecule has 0 aliphatic carbocycles. The lowest BCUT2D eigenvalue weighted by Crippen LogP contribution is -2.06. The molecule has 1 heterocycles. The van der Waals surface area contributed by atoms with Crippen molar-refractivity contribution in [2.45, 2.75) is 0 Å². The van der Waals surface area contributed by atoms with Gasteiger partial charge in [-0.25, -0.2) is 4.98 Å². The van der Waals surface area contributed by atoms with Crippen molar-refractivity contribution in [1.29, 1.82) is 0 Å². The Balaban J connectivity index is 1.61. The number of hydrazone groups is 1. The van der Waals surface area contributed by atoms with Crippen LogP contribution in [0, 0.1) is 20.2 Å². The van der Waals surface area contributed by atoms with Crippen LogP contribution >= 0.6 is 11.3 Å². The number of rotatable bonds is 7. The molecule has 0 bridgehead atoms. The van der Waals surface area contributed by atoms with Gasteiger partial charge in [-0.1, -0.05) is 30.3 Å². The van der Waals surface area contributed by atoms with Crippen molar-refractivity contribution in [3.63, 3.8) is 0 Å². The van der Waals surface area contributed by atoms with E-state index in [1.54, 1.807) is 24.3 Å². The number of nitro groups is 2. The van der Waals surface area contributed by atoms with Crippen molar-refractivity contribution in [3.05, 3.63) is 116 Å². The number of nitrogens with zero attached hydrogens (tertiary/aromatic N) is 4. The number of non-ortho nitro benzene ring substituents is 2. The monoisotopic (exact) mass is 445 g/mol. The zero-order chi connectivity index (χ0) is 22.5. The topological polar surface area (TPSA) is 124 Å². The van der Waals surface area contributed by atoms with Crippen LogP contribution in [0.3, 0.4) is 0 Å². The Morgan fingerprint density at radius 3 is 1.97 bits per heavy atom. The second-order valence-electron chi connectivity index (χ2n) is 6.58. The summed E-state index contributed by atoms with van der Waals surface area (Å²) < 4.78 is 0. The van der Waals surface area contributed by atoms with E-state index in [0.717, 1.165) is 11.1 Å². The smallest absolute Gasteiger partial charge is 0.258 e. The van der Waals surface area contributed by atoms with Crippen LogP contribution in [0.25, 0.3) is 11.3 Å². The largest absolute Gasteiger partial charge is 0.269 e. The summed E-state index contributed by atoms with van der Waals surface area (Å²) in [6.45, 7) is 0. The molecule has 1 N–H and O–H groups in total. The van der Waals surface area contributed by atoms with E-state index in [0.29, 0.717) is 22.1 Å². The Morgan fingerprint density at radius 2 is 1.38 bits per heavy atom. The second-order valence-corrected chi connectivity index (χ2v) is 7.44. The van der Waals surface area contributed by atoms with Gasteiger partial charge in [0, 0.05) is 46.3 Å². The summed E-state index contributed by atoms with van der Waals surface area (Å²) in [5.41, 5.74) is 6.54. The van der Waals surface area contributed by atoms with Crippen molar-refractivity contribution in [2.24, 2.45) is 5.10 Å². The fourth-order valence-electron chi connectivity index (χ4n) is 2.95. The van der Waals surface area contributed by atoms with Crippen LogP contribution in [0.4, 0.5) is 16.5 Å². The van der Waals surface area contributed by atoms with Crippen LogP contribution < -0.4 is 5.43 Å². The maximum Gasteiger partial charge on any atom is 0.269 e. The predicted octanol–water partition coefficient (Wildman–Crippen LogP) is 5.49. The van der Waals surface area contributed by atoms with Gasteiger partial charge in [-0.2, -0.15) is 5.10 Å². The Labute approximate surface area is 186 Å². The summed E-state index contributed by atoms with van der Waals surface area (Å²) in [4.78, 5) is 25.4. The quantitative estimate of drug-likeness (QED) is 0.228. The minimum atomic E-state index is -0.449. The van der Waals surface area contributed by atoms with E-state index < -0.39 is 9.85 Å². The molecule has 0 fully saturated rings. The molecule has 0 atom stereocenters. The van der Waals surface area contributed by atoms with Gasteiger partial charge in [-0.15, -0.1) is 11.3 Å². The number of nitrogens with one attached hydrogen (secondary N) is 1. The lowest BCUT2D eigenvalue weighted by molar-refractivity contribution is -0.385. The molecule has 1 aromatic heterocycles. The molecule has 3 aromatic carbocycles. The van der Waals surface area contributed by atoms with Gasteiger partial charge in [0.15, 0.2) is 0 Å². The molecule has 0 aliphatic heterocycles. The standard InChI is InChI=1S/C22H15N5O4S/c28-26(29)18-10-6-15(7-11-18)20-14-32-22(23-20)25-24-21(16-4-2-1-3-5-16)17-8-12-19(13-9-17)27(30)31/h1-14H,(H,23,25)/b24-21+. The first-order chi connectivity index (χ1) is 15.5. The number of thiazole rings is 1. The Hall–Kier alpha value is -4.44. The lowest BCUT2D eigenvalue weighted by Gasteiger charge is -2.07. The zero-order valence-electron chi connectivity index (χ0n) is 16.4. The average molecular weight is 445 g/mol. The third-order valence-corrected chi connectivity index (χ3v) is 5.29. The molecule has 0 saturated heterocycles. The molecule has 0 aliphatic rings. The molecule has 0 spiro atoms. The first-order valence-corrected chi connectivity index (χ1v) is 10.2. The highest BCUT2D eigenvalue weighted by Crippen LogP contribution is 2.27. The van der Waals surface area contributed by atoms with Crippen molar-refractivity contribution in [2.75, 3.05) is 5.43 Å². The Morgan fingerprint density at radius 1 is 0.812 bits per heavy atom.